The lowest BCUT2D eigenvalue weighted by Gasteiger charge is -2.25. The normalized spacial score (nSPS) is 15.0. The number of thiocarbonyl (C=S) groups is 1. The van der Waals surface area contributed by atoms with Crippen molar-refractivity contribution in [3.8, 4) is 11.5 Å². The van der Waals surface area contributed by atoms with Crippen LogP contribution in [0.25, 0.3) is 6.08 Å². The van der Waals surface area contributed by atoms with E-state index >= 15 is 0 Å². The van der Waals surface area contributed by atoms with E-state index in [0.29, 0.717) is 49.6 Å². The summed E-state index contributed by atoms with van der Waals surface area (Å²) in [6.07, 6.45) is 2.37. The minimum absolute atomic E-state index is 0.155. The molecule has 0 radical (unpaired) electrons. The van der Waals surface area contributed by atoms with E-state index < -0.39 is 12.0 Å². The van der Waals surface area contributed by atoms with Crippen LogP contribution in [0, 0.1) is 0 Å². The van der Waals surface area contributed by atoms with E-state index in [1.54, 1.807) is 66.7 Å². The smallest absolute Gasteiger partial charge is 0.333 e. The van der Waals surface area contributed by atoms with E-state index in [-0.39, 0.29) is 23.4 Å². The summed E-state index contributed by atoms with van der Waals surface area (Å²) < 4.78 is 17.1. The van der Waals surface area contributed by atoms with E-state index in [1.165, 1.54) is 12.0 Å². The first-order chi connectivity index (χ1) is 18.8. The van der Waals surface area contributed by atoms with Crippen molar-refractivity contribution in [3.63, 3.8) is 0 Å². The molecular formula is C29H25Cl2NO5S2. The third-order valence-corrected chi connectivity index (χ3v) is 7.83. The fourth-order valence-corrected chi connectivity index (χ4v) is 5.69. The Labute approximate surface area is 246 Å². The van der Waals surface area contributed by atoms with Crippen LogP contribution in [-0.4, -0.2) is 34.8 Å². The van der Waals surface area contributed by atoms with E-state index in [2.05, 4.69) is 0 Å². The Morgan fingerprint density at radius 1 is 1.05 bits per heavy atom. The molecule has 1 aliphatic rings. The molecule has 1 unspecified atom stereocenters. The summed E-state index contributed by atoms with van der Waals surface area (Å²) in [5.74, 6) is 0.0519. The van der Waals surface area contributed by atoms with Gasteiger partial charge >= 0.3 is 5.97 Å². The Balaban J connectivity index is 1.57. The van der Waals surface area contributed by atoms with Crippen LogP contribution in [0.2, 0.25) is 10.0 Å². The second-order valence-corrected chi connectivity index (χ2v) is 10.9. The number of methoxy groups -OCH3 is 1. The van der Waals surface area contributed by atoms with Gasteiger partial charge in [-0.15, -0.1) is 0 Å². The number of hydrogen-bond donors (Lipinski definition) is 0. The standard InChI is InChI=1S/C29H25Cl2NO5S2/c1-3-14-36-28(34)26(19-8-5-4-6-9-19)32-27(33)25(39-29(32)38)16-18-12-13-23(24(15-18)35-2)37-17-20-21(30)10-7-11-22(20)31/h4-13,15-16,26H,3,14,17H2,1-2H3/b25-16-. The van der Waals surface area contributed by atoms with Crippen molar-refractivity contribution < 1.29 is 23.8 Å². The molecule has 0 bridgehead atoms. The zero-order chi connectivity index (χ0) is 27.9. The number of thioether (sulfide) groups is 1. The minimum Gasteiger partial charge on any atom is -0.493 e. The number of nitrogens with zero attached hydrogens (tertiary/aromatic N) is 1. The Kier molecular flexibility index (Phi) is 9.91. The van der Waals surface area contributed by atoms with Crippen molar-refractivity contribution in [2.45, 2.75) is 26.0 Å². The van der Waals surface area contributed by atoms with E-state index in [9.17, 15) is 9.59 Å². The lowest BCUT2D eigenvalue weighted by Crippen LogP contribution is -2.38. The van der Waals surface area contributed by atoms with Crippen LogP contribution in [0.3, 0.4) is 0 Å². The van der Waals surface area contributed by atoms with Crippen molar-refractivity contribution in [3.05, 3.63) is 98.4 Å². The van der Waals surface area contributed by atoms with Crippen LogP contribution in [-0.2, 0) is 20.9 Å². The molecular weight excluding hydrogens is 577 g/mol. The van der Waals surface area contributed by atoms with Crippen LogP contribution in [0.4, 0.5) is 0 Å². The van der Waals surface area contributed by atoms with E-state index in [0.717, 1.165) is 11.8 Å². The van der Waals surface area contributed by atoms with Crippen LogP contribution < -0.4 is 9.47 Å². The molecule has 6 nitrogen and oxygen atoms in total. The average Bonchev–Trinajstić information content (AvgIpc) is 3.20. The zero-order valence-electron chi connectivity index (χ0n) is 21.2. The van der Waals surface area contributed by atoms with Crippen molar-refractivity contribution in [2.24, 2.45) is 0 Å². The van der Waals surface area contributed by atoms with Gasteiger partial charge in [-0.3, -0.25) is 9.69 Å². The monoisotopic (exact) mass is 601 g/mol. The zero-order valence-corrected chi connectivity index (χ0v) is 24.3. The second-order valence-electron chi connectivity index (χ2n) is 8.43. The summed E-state index contributed by atoms with van der Waals surface area (Å²) in [4.78, 5) is 28.2. The van der Waals surface area contributed by atoms with Gasteiger partial charge in [-0.2, -0.15) is 0 Å². The Hall–Kier alpha value is -3.04. The third-order valence-electron chi connectivity index (χ3n) is 5.79. The highest BCUT2D eigenvalue weighted by atomic mass is 35.5. The first-order valence-electron chi connectivity index (χ1n) is 12.1. The van der Waals surface area contributed by atoms with Gasteiger partial charge in [0.05, 0.1) is 18.6 Å². The van der Waals surface area contributed by atoms with Crippen LogP contribution in [0.5, 0.6) is 11.5 Å². The molecule has 1 amide bonds. The summed E-state index contributed by atoms with van der Waals surface area (Å²) in [7, 11) is 1.53. The maximum atomic E-state index is 13.5. The summed E-state index contributed by atoms with van der Waals surface area (Å²) in [5, 5.41) is 1.01. The first kappa shape index (κ1) is 29.0. The number of amides is 1. The first-order valence-corrected chi connectivity index (χ1v) is 14.0. The summed E-state index contributed by atoms with van der Waals surface area (Å²) >= 11 is 19.2. The molecule has 1 fully saturated rings. The fourth-order valence-electron chi connectivity index (χ4n) is 3.87. The second kappa shape index (κ2) is 13.3. The third kappa shape index (κ3) is 6.76. The van der Waals surface area contributed by atoms with Gasteiger partial charge in [-0.25, -0.2) is 4.79 Å². The van der Waals surface area contributed by atoms with E-state index in [1.807, 2.05) is 13.0 Å². The van der Waals surface area contributed by atoms with Gasteiger partial charge in [0.1, 0.15) is 10.9 Å². The molecule has 4 rings (SSSR count). The lowest BCUT2D eigenvalue weighted by molar-refractivity contribution is -0.151. The predicted octanol–water partition coefficient (Wildman–Crippen LogP) is 7.48. The summed E-state index contributed by atoms with van der Waals surface area (Å²) in [6, 6.07) is 18.6. The molecule has 1 atom stereocenters. The highest BCUT2D eigenvalue weighted by Crippen LogP contribution is 2.40. The molecule has 0 spiro atoms. The summed E-state index contributed by atoms with van der Waals surface area (Å²) in [6.45, 7) is 2.31. The number of halogens is 2. The molecule has 0 aliphatic carbocycles. The number of carbonyl (C=O) groups is 2. The number of ether oxygens (including phenoxy) is 3. The van der Waals surface area contributed by atoms with Gasteiger partial charge in [-0.1, -0.05) is 96.6 Å². The average molecular weight is 603 g/mol. The topological polar surface area (TPSA) is 65.1 Å². The molecule has 3 aromatic carbocycles. The number of esters is 1. The van der Waals surface area contributed by atoms with Crippen LogP contribution in [0.15, 0.2) is 71.6 Å². The molecule has 0 saturated carbocycles. The lowest BCUT2D eigenvalue weighted by atomic mass is 10.1. The molecule has 1 heterocycles. The van der Waals surface area contributed by atoms with Gasteiger partial charge in [0.2, 0.25) is 0 Å². The van der Waals surface area contributed by atoms with Crippen molar-refractivity contribution in [1.82, 2.24) is 4.90 Å². The largest absolute Gasteiger partial charge is 0.493 e. The molecule has 1 saturated heterocycles. The van der Waals surface area contributed by atoms with Crippen molar-refractivity contribution in [2.75, 3.05) is 13.7 Å². The molecule has 39 heavy (non-hydrogen) atoms. The van der Waals surface area contributed by atoms with E-state index in [4.69, 9.17) is 49.6 Å². The van der Waals surface area contributed by atoms with Crippen LogP contribution >= 0.6 is 47.2 Å². The summed E-state index contributed by atoms with van der Waals surface area (Å²) in [5.41, 5.74) is 1.99. The molecule has 0 aromatic heterocycles. The highest BCUT2D eigenvalue weighted by Gasteiger charge is 2.42. The number of hydrogen-bond acceptors (Lipinski definition) is 7. The minimum atomic E-state index is -0.974. The molecule has 10 heteroatoms. The molecule has 1 aliphatic heterocycles. The van der Waals surface area contributed by atoms with Gasteiger partial charge in [0.15, 0.2) is 17.5 Å². The predicted molar refractivity (Wildman–Crippen MR) is 159 cm³/mol. The van der Waals surface area contributed by atoms with Gasteiger partial charge in [-0.05, 0) is 47.9 Å². The Bertz CT molecular complexity index is 1390. The number of rotatable bonds is 10. The maximum Gasteiger partial charge on any atom is 0.333 e. The maximum absolute atomic E-state index is 13.5. The van der Waals surface area contributed by atoms with Crippen molar-refractivity contribution in [1.29, 1.82) is 0 Å². The molecule has 3 aromatic rings. The van der Waals surface area contributed by atoms with Crippen molar-refractivity contribution >= 4 is 69.5 Å². The van der Waals surface area contributed by atoms with Crippen LogP contribution in [0.1, 0.15) is 36.1 Å². The number of benzene rings is 3. The quantitative estimate of drug-likeness (QED) is 0.135. The molecule has 0 N–H and O–H groups in total. The SMILES string of the molecule is CCCOC(=O)C(c1ccccc1)N1C(=O)/C(=C/c2ccc(OCc3c(Cl)cccc3Cl)c(OC)c2)SC1=S. The Morgan fingerprint density at radius 3 is 2.44 bits per heavy atom. The Morgan fingerprint density at radius 2 is 1.77 bits per heavy atom. The van der Waals surface area contributed by atoms with Gasteiger partial charge in [0, 0.05) is 15.6 Å². The van der Waals surface area contributed by atoms with Gasteiger partial charge < -0.3 is 14.2 Å². The molecule has 202 valence electrons. The highest BCUT2D eigenvalue weighted by molar-refractivity contribution is 8.26. The number of carbonyl (C=O) groups excluding carboxylic acids is 2. The van der Waals surface area contributed by atoms with Gasteiger partial charge in [0.25, 0.3) is 5.91 Å². The fraction of sp³-hybridized carbons (Fsp3) is 0.207.